The van der Waals surface area contributed by atoms with Crippen molar-refractivity contribution in [1.29, 1.82) is 0 Å². The van der Waals surface area contributed by atoms with E-state index in [1.54, 1.807) is 23.6 Å². The molecule has 4 rings (SSSR count). The Kier molecular flexibility index (Phi) is 9.97. The maximum Gasteiger partial charge on any atom is 0.238 e. The molecule has 0 aromatic carbocycles. The average Bonchev–Trinajstić information content (AvgIpc) is 3.33. The Morgan fingerprint density at radius 3 is 2.67 bits per heavy atom. The molecule has 1 atom stereocenters. The predicted molar refractivity (Wildman–Crippen MR) is 158 cm³/mol. The Hall–Kier alpha value is -2.54. The smallest absolute Gasteiger partial charge is 0.238 e. The highest BCUT2D eigenvalue weighted by molar-refractivity contribution is 7.92. The van der Waals surface area contributed by atoms with Gasteiger partial charge in [0.25, 0.3) is 0 Å². The molecular formula is C27H40N6O4S2. The fourth-order valence-corrected chi connectivity index (χ4v) is 6.17. The second kappa shape index (κ2) is 13.2. The molecule has 214 valence electrons. The lowest BCUT2D eigenvalue weighted by Crippen LogP contribution is -2.37. The van der Waals surface area contributed by atoms with Crippen molar-refractivity contribution in [3.05, 3.63) is 23.2 Å². The number of morpholine rings is 1. The first-order chi connectivity index (χ1) is 18.7. The number of hydrogen-bond acceptors (Lipinski definition) is 10. The zero-order chi connectivity index (χ0) is 28.0. The van der Waals surface area contributed by atoms with Gasteiger partial charge in [-0.2, -0.15) is 0 Å². The van der Waals surface area contributed by atoms with Crippen LogP contribution in [-0.4, -0.2) is 81.0 Å². The Morgan fingerprint density at radius 1 is 1.23 bits per heavy atom. The molecule has 0 bridgehead atoms. The number of fused-ring (bicyclic) bond motifs is 1. The second-order valence-electron chi connectivity index (χ2n) is 10.1. The number of thiophene rings is 1. The summed E-state index contributed by atoms with van der Waals surface area (Å²) in [4.78, 5) is 19.1. The first-order valence-corrected chi connectivity index (χ1v) is 16.3. The van der Waals surface area contributed by atoms with Gasteiger partial charge < -0.3 is 14.4 Å². The highest BCUT2D eigenvalue weighted by Gasteiger charge is 2.22. The van der Waals surface area contributed by atoms with E-state index in [2.05, 4.69) is 45.7 Å². The Bertz CT molecular complexity index is 1360. The van der Waals surface area contributed by atoms with Gasteiger partial charge in [0, 0.05) is 37.0 Å². The molecule has 0 aliphatic carbocycles. The van der Waals surface area contributed by atoms with E-state index < -0.39 is 10.0 Å². The fraction of sp³-hybridized carbons (Fsp3) is 0.593. The maximum absolute atomic E-state index is 12.0. The number of nitrogens with zero attached hydrogens (tertiary/aromatic N) is 5. The number of rotatable bonds is 13. The van der Waals surface area contributed by atoms with Crippen LogP contribution in [0.25, 0.3) is 21.5 Å². The third kappa shape index (κ3) is 7.56. The molecule has 1 unspecified atom stereocenters. The molecule has 0 saturated carbocycles. The second-order valence-corrected chi connectivity index (χ2v) is 12.8. The molecule has 39 heavy (non-hydrogen) atoms. The monoisotopic (exact) mass is 576 g/mol. The van der Waals surface area contributed by atoms with Crippen molar-refractivity contribution in [3.8, 4) is 17.1 Å². The molecule has 1 N–H and O–H groups in total. The molecule has 0 radical (unpaired) electrons. The van der Waals surface area contributed by atoms with Gasteiger partial charge in [-0.3, -0.25) is 9.62 Å². The van der Waals surface area contributed by atoms with Crippen LogP contribution in [0, 0.1) is 5.92 Å². The van der Waals surface area contributed by atoms with Crippen LogP contribution in [0.5, 0.6) is 5.88 Å². The average molecular weight is 577 g/mol. The minimum absolute atomic E-state index is 0.200. The number of anilines is 2. The lowest BCUT2D eigenvalue weighted by Gasteiger charge is -2.27. The number of nitrogens with one attached hydrogen (secondary N) is 1. The summed E-state index contributed by atoms with van der Waals surface area (Å²) in [5, 5.41) is 2.18. The van der Waals surface area contributed by atoms with E-state index in [0.29, 0.717) is 43.7 Å². The molecule has 4 heterocycles. The minimum Gasteiger partial charge on any atom is -0.480 e. The lowest BCUT2D eigenvalue weighted by molar-refractivity contribution is 0.122. The molecule has 10 nitrogen and oxygen atoms in total. The van der Waals surface area contributed by atoms with Crippen LogP contribution in [0.1, 0.15) is 45.6 Å². The van der Waals surface area contributed by atoms with Gasteiger partial charge in [0.2, 0.25) is 21.9 Å². The third-order valence-corrected chi connectivity index (χ3v) is 8.57. The number of sulfonamides is 1. The van der Waals surface area contributed by atoms with Crippen LogP contribution in [0.3, 0.4) is 0 Å². The van der Waals surface area contributed by atoms with Crippen LogP contribution in [0.4, 0.5) is 11.6 Å². The zero-order valence-corrected chi connectivity index (χ0v) is 25.2. The van der Waals surface area contributed by atoms with Crippen molar-refractivity contribution < 1.29 is 17.9 Å². The van der Waals surface area contributed by atoms with Gasteiger partial charge in [0.05, 0.1) is 42.5 Å². The number of methoxy groups -OCH3 is 1. The molecular weight excluding hydrogens is 536 g/mol. The summed E-state index contributed by atoms with van der Waals surface area (Å²) < 4.78 is 38.4. The summed E-state index contributed by atoms with van der Waals surface area (Å²) in [6.07, 6.45) is 6.23. The van der Waals surface area contributed by atoms with Crippen LogP contribution >= 0.6 is 11.3 Å². The van der Waals surface area contributed by atoms with E-state index in [1.807, 2.05) is 0 Å². The SMILES string of the molecule is CCCN(CCC(C)CC)Cc1csc2c(-c3cnc(OC)c(NS(C)(=O)=O)c3)nc(N3CCOCC3)nc12. The van der Waals surface area contributed by atoms with Crippen molar-refractivity contribution in [3.63, 3.8) is 0 Å². The van der Waals surface area contributed by atoms with Gasteiger partial charge >= 0.3 is 0 Å². The van der Waals surface area contributed by atoms with E-state index >= 15 is 0 Å². The highest BCUT2D eigenvalue weighted by atomic mass is 32.2. The topological polar surface area (TPSA) is 110 Å². The van der Waals surface area contributed by atoms with Gasteiger partial charge in [0.15, 0.2) is 0 Å². The number of aromatic nitrogens is 3. The largest absolute Gasteiger partial charge is 0.480 e. The Balaban J connectivity index is 1.79. The third-order valence-electron chi connectivity index (χ3n) is 6.95. The predicted octanol–water partition coefficient (Wildman–Crippen LogP) is 4.62. The van der Waals surface area contributed by atoms with Gasteiger partial charge in [0.1, 0.15) is 5.69 Å². The molecule has 1 saturated heterocycles. The van der Waals surface area contributed by atoms with Crippen molar-refractivity contribution in [2.75, 3.05) is 62.4 Å². The maximum atomic E-state index is 12.0. The summed E-state index contributed by atoms with van der Waals surface area (Å²) in [5.41, 5.74) is 3.81. The van der Waals surface area contributed by atoms with E-state index in [-0.39, 0.29) is 11.6 Å². The van der Waals surface area contributed by atoms with Crippen LogP contribution in [0.2, 0.25) is 0 Å². The summed E-state index contributed by atoms with van der Waals surface area (Å²) >= 11 is 1.62. The van der Waals surface area contributed by atoms with Crippen LogP contribution < -0.4 is 14.4 Å². The first-order valence-electron chi connectivity index (χ1n) is 13.6. The van der Waals surface area contributed by atoms with E-state index in [9.17, 15) is 8.42 Å². The molecule has 0 amide bonds. The van der Waals surface area contributed by atoms with Crippen molar-refractivity contribution in [2.45, 2.75) is 46.6 Å². The van der Waals surface area contributed by atoms with Gasteiger partial charge in [-0.05, 0) is 43.3 Å². The fourth-order valence-electron chi connectivity index (χ4n) is 4.62. The molecule has 3 aromatic heterocycles. The molecule has 12 heteroatoms. The molecule has 1 aliphatic heterocycles. The van der Waals surface area contributed by atoms with Crippen molar-refractivity contribution >= 4 is 43.2 Å². The molecule has 0 spiro atoms. The van der Waals surface area contributed by atoms with Crippen molar-refractivity contribution in [1.82, 2.24) is 19.9 Å². The summed E-state index contributed by atoms with van der Waals surface area (Å²) in [7, 11) is -2.07. The van der Waals surface area contributed by atoms with Gasteiger partial charge in [-0.25, -0.2) is 23.4 Å². The number of ether oxygens (including phenoxy) is 2. The van der Waals surface area contributed by atoms with Crippen LogP contribution in [0.15, 0.2) is 17.6 Å². The van der Waals surface area contributed by atoms with E-state index in [1.165, 1.54) is 25.5 Å². The van der Waals surface area contributed by atoms with E-state index in [4.69, 9.17) is 19.4 Å². The normalized spacial score (nSPS) is 15.2. The van der Waals surface area contributed by atoms with Crippen molar-refractivity contribution in [2.24, 2.45) is 5.92 Å². The number of pyridine rings is 1. The summed E-state index contributed by atoms with van der Waals surface area (Å²) in [5.74, 6) is 1.55. The summed E-state index contributed by atoms with van der Waals surface area (Å²) in [6, 6.07) is 1.73. The molecule has 1 aliphatic rings. The van der Waals surface area contributed by atoms with E-state index in [0.717, 1.165) is 48.2 Å². The zero-order valence-electron chi connectivity index (χ0n) is 23.6. The quantitative estimate of drug-likeness (QED) is 0.312. The van der Waals surface area contributed by atoms with Gasteiger partial charge in [-0.15, -0.1) is 11.3 Å². The van der Waals surface area contributed by atoms with Crippen LogP contribution in [-0.2, 0) is 21.3 Å². The lowest BCUT2D eigenvalue weighted by atomic mass is 10.0. The Morgan fingerprint density at radius 2 is 2.00 bits per heavy atom. The highest BCUT2D eigenvalue weighted by Crippen LogP contribution is 2.37. The minimum atomic E-state index is -3.53. The molecule has 3 aromatic rings. The Labute approximate surface area is 235 Å². The first kappa shape index (κ1) is 29.4. The standard InChI is InChI=1S/C27H40N6O4S2/c1-6-9-32(10-8-19(3)7-2)17-21-18-38-25-23(29-27(30-24(21)25)33-11-13-37-14-12-33)20-15-22(31-39(5,34)35)26(36-4)28-16-20/h15-16,18-19,31H,6-14,17H2,1-5H3. The number of hydrogen-bond donors (Lipinski definition) is 1. The molecule has 1 fully saturated rings. The van der Waals surface area contributed by atoms with Gasteiger partial charge in [-0.1, -0.05) is 27.2 Å². The summed E-state index contributed by atoms with van der Waals surface area (Å²) in [6.45, 7) is 12.4.